The maximum atomic E-state index is 10.4. The number of hydrogen-bond acceptors (Lipinski definition) is 8. The SMILES string of the molecule is CCOP(=S)(OCC)Oc1cc(C)nc(C(C)C)n1.O=C1C=CC(Cl)=CC1=O. The van der Waals surface area contributed by atoms with Crippen molar-refractivity contribution in [3.8, 4) is 5.88 Å². The Morgan fingerprint density at radius 3 is 2.18 bits per heavy atom. The van der Waals surface area contributed by atoms with Crippen LogP contribution < -0.4 is 4.52 Å². The number of hydrogen-bond donors (Lipinski definition) is 0. The quantitative estimate of drug-likeness (QED) is 0.346. The van der Waals surface area contributed by atoms with Crippen molar-refractivity contribution < 1.29 is 23.2 Å². The number of rotatable bonds is 7. The zero-order valence-electron chi connectivity index (χ0n) is 16.5. The summed E-state index contributed by atoms with van der Waals surface area (Å²) in [5.74, 6) is 0.298. The number of ketones is 2. The van der Waals surface area contributed by atoms with E-state index in [-0.39, 0.29) is 5.92 Å². The van der Waals surface area contributed by atoms with Gasteiger partial charge in [-0.25, -0.2) is 4.98 Å². The Labute approximate surface area is 175 Å². The van der Waals surface area contributed by atoms with Crippen LogP contribution in [0, 0.1) is 6.92 Å². The molecule has 0 spiro atoms. The molecule has 0 N–H and O–H groups in total. The Bertz CT molecular complexity index is 816. The van der Waals surface area contributed by atoms with Crippen molar-refractivity contribution in [3.05, 3.63) is 40.8 Å². The number of nitrogens with zero attached hydrogens (tertiary/aromatic N) is 2. The van der Waals surface area contributed by atoms with Crippen LogP contribution in [-0.2, 0) is 30.4 Å². The fraction of sp³-hybridized carbons (Fsp3) is 0.444. The highest BCUT2D eigenvalue weighted by Crippen LogP contribution is 2.49. The molecule has 1 heterocycles. The Kier molecular flexibility index (Phi) is 10.1. The number of aromatic nitrogens is 2. The lowest BCUT2D eigenvalue weighted by atomic mass is 10.1. The van der Waals surface area contributed by atoms with Gasteiger partial charge in [-0.15, -0.1) is 0 Å². The third-order valence-electron chi connectivity index (χ3n) is 3.05. The fourth-order valence-corrected chi connectivity index (χ4v) is 4.03. The molecular formula is C18H24ClN2O5PS. The van der Waals surface area contributed by atoms with Gasteiger partial charge in [-0.2, -0.15) is 4.98 Å². The number of aryl methyl sites for hydroxylation is 1. The first-order chi connectivity index (χ1) is 13.1. The third-order valence-corrected chi connectivity index (χ3v) is 5.70. The van der Waals surface area contributed by atoms with Gasteiger partial charge in [-0.3, -0.25) is 18.6 Å². The molecule has 0 amide bonds. The van der Waals surface area contributed by atoms with Gasteiger partial charge in [-0.05, 0) is 32.9 Å². The summed E-state index contributed by atoms with van der Waals surface area (Å²) in [6, 6.07) is 1.74. The van der Waals surface area contributed by atoms with Crippen molar-refractivity contribution in [2.24, 2.45) is 0 Å². The van der Waals surface area contributed by atoms with Crippen molar-refractivity contribution in [2.45, 2.75) is 40.5 Å². The minimum absolute atomic E-state index is 0.222. The van der Waals surface area contributed by atoms with Crippen LogP contribution in [0.4, 0.5) is 0 Å². The molecule has 0 aromatic carbocycles. The molecule has 7 nitrogen and oxygen atoms in total. The molecule has 0 saturated carbocycles. The molecule has 0 unspecified atom stereocenters. The summed E-state index contributed by atoms with van der Waals surface area (Å²) in [5, 5.41) is 0.305. The van der Waals surface area contributed by atoms with E-state index < -0.39 is 18.3 Å². The molecule has 0 fully saturated rings. The molecule has 28 heavy (non-hydrogen) atoms. The average Bonchev–Trinajstić information content (AvgIpc) is 2.58. The van der Waals surface area contributed by atoms with E-state index in [2.05, 4.69) is 9.97 Å². The first-order valence-corrected chi connectivity index (χ1v) is 11.6. The molecule has 1 aliphatic carbocycles. The summed E-state index contributed by atoms with van der Waals surface area (Å²) in [5.41, 5.74) is 0.836. The van der Waals surface area contributed by atoms with Crippen LogP contribution in [-0.4, -0.2) is 34.7 Å². The van der Waals surface area contributed by atoms with Gasteiger partial charge in [0.2, 0.25) is 17.4 Å². The lowest BCUT2D eigenvalue weighted by Crippen LogP contribution is -2.10. The Balaban J connectivity index is 0.000000362. The highest BCUT2D eigenvalue weighted by Gasteiger charge is 2.22. The first-order valence-electron chi connectivity index (χ1n) is 8.68. The number of carbonyl (C=O) groups is 2. The Morgan fingerprint density at radius 2 is 1.71 bits per heavy atom. The van der Waals surface area contributed by atoms with E-state index in [0.29, 0.717) is 24.1 Å². The summed E-state index contributed by atoms with van der Waals surface area (Å²) in [6.45, 7) is 7.78. The molecule has 0 aliphatic heterocycles. The zero-order valence-corrected chi connectivity index (χ0v) is 18.9. The Hall–Kier alpha value is -1.44. The van der Waals surface area contributed by atoms with Crippen LogP contribution >= 0.6 is 18.3 Å². The standard InChI is InChI=1S/C12H21N2O3PS.C6H3ClO2/c1-6-15-18(19,16-7-2)17-11-8-10(5)13-12(14-11)9(3)4;7-4-1-2-5(8)6(9)3-4/h8-9H,6-7H2,1-5H3;1-3H. The molecule has 1 aromatic rings. The van der Waals surface area contributed by atoms with Gasteiger partial charge >= 0.3 is 6.72 Å². The van der Waals surface area contributed by atoms with E-state index in [1.807, 2.05) is 34.6 Å². The second kappa shape index (κ2) is 11.5. The van der Waals surface area contributed by atoms with Gasteiger partial charge in [0.15, 0.2) is 0 Å². The first kappa shape index (κ1) is 24.6. The van der Waals surface area contributed by atoms with Crippen molar-refractivity contribution >= 4 is 41.7 Å². The largest absolute Gasteiger partial charge is 0.406 e. The van der Waals surface area contributed by atoms with E-state index in [9.17, 15) is 9.59 Å². The average molecular weight is 447 g/mol. The van der Waals surface area contributed by atoms with Crippen molar-refractivity contribution in [1.82, 2.24) is 9.97 Å². The summed E-state index contributed by atoms with van der Waals surface area (Å²) >= 11 is 10.7. The van der Waals surface area contributed by atoms with Crippen LogP contribution in [0.15, 0.2) is 29.3 Å². The lowest BCUT2D eigenvalue weighted by Gasteiger charge is -2.20. The van der Waals surface area contributed by atoms with Gasteiger partial charge in [0.25, 0.3) is 0 Å². The molecular weight excluding hydrogens is 423 g/mol. The van der Waals surface area contributed by atoms with E-state index >= 15 is 0 Å². The van der Waals surface area contributed by atoms with Crippen LogP contribution in [0.2, 0.25) is 0 Å². The maximum Gasteiger partial charge on any atom is 0.381 e. The molecule has 2 rings (SSSR count). The van der Waals surface area contributed by atoms with Gasteiger partial charge in [0, 0.05) is 40.6 Å². The molecule has 0 atom stereocenters. The van der Waals surface area contributed by atoms with E-state index in [4.69, 9.17) is 37.0 Å². The van der Waals surface area contributed by atoms with Gasteiger partial charge < -0.3 is 4.52 Å². The molecule has 10 heteroatoms. The summed E-state index contributed by atoms with van der Waals surface area (Å²) in [7, 11) is 0. The van der Waals surface area contributed by atoms with E-state index in [1.54, 1.807) is 6.07 Å². The lowest BCUT2D eigenvalue weighted by molar-refractivity contribution is -0.131. The van der Waals surface area contributed by atoms with Crippen molar-refractivity contribution in [3.63, 3.8) is 0 Å². The van der Waals surface area contributed by atoms with Crippen LogP contribution in [0.25, 0.3) is 0 Å². The second-order valence-corrected chi connectivity index (χ2v) is 9.20. The monoisotopic (exact) mass is 446 g/mol. The number of halogens is 1. The maximum absolute atomic E-state index is 10.4. The normalized spacial score (nSPS) is 13.9. The molecule has 154 valence electrons. The summed E-state index contributed by atoms with van der Waals surface area (Å²) < 4.78 is 16.6. The van der Waals surface area contributed by atoms with Gasteiger partial charge in [0.1, 0.15) is 5.82 Å². The van der Waals surface area contributed by atoms with Crippen molar-refractivity contribution in [2.75, 3.05) is 13.2 Å². The molecule has 0 bridgehead atoms. The predicted molar refractivity (Wildman–Crippen MR) is 112 cm³/mol. The summed E-state index contributed by atoms with van der Waals surface area (Å²) in [4.78, 5) is 29.6. The van der Waals surface area contributed by atoms with E-state index in [0.717, 1.165) is 23.7 Å². The second-order valence-electron chi connectivity index (χ2n) is 5.83. The topological polar surface area (TPSA) is 87.6 Å². The predicted octanol–water partition coefficient (Wildman–Crippen LogP) is 4.40. The van der Waals surface area contributed by atoms with E-state index in [1.165, 1.54) is 6.08 Å². The highest BCUT2D eigenvalue weighted by molar-refractivity contribution is 8.07. The summed E-state index contributed by atoms with van der Waals surface area (Å²) in [6.07, 6.45) is 3.65. The van der Waals surface area contributed by atoms with Crippen LogP contribution in [0.3, 0.4) is 0 Å². The fourth-order valence-electron chi connectivity index (χ4n) is 1.87. The minimum Gasteiger partial charge on any atom is -0.406 e. The van der Waals surface area contributed by atoms with Gasteiger partial charge in [-0.1, -0.05) is 25.4 Å². The number of carbonyl (C=O) groups excluding carboxylic acids is 2. The zero-order chi connectivity index (χ0) is 21.3. The highest BCUT2D eigenvalue weighted by atomic mass is 35.5. The Morgan fingerprint density at radius 1 is 1.11 bits per heavy atom. The molecule has 1 aliphatic rings. The van der Waals surface area contributed by atoms with Gasteiger partial charge in [0.05, 0.1) is 13.2 Å². The smallest absolute Gasteiger partial charge is 0.381 e. The van der Waals surface area contributed by atoms with Crippen LogP contribution in [0.1, 0.15) is 45.1 Å². The molecule has 0 radical (unpaired) electrons. The van der Waals surface area contributed by atoms with Crippen molar-refractivity contribution in [1.29, 1.82) is 0 Å². The number of allylic oxidation sites excluding steroid dienone is 4. The minimum atomic E-state index is -2.77. The molecule has 1 aromatic heterocycles. The van der Waals surface area contributed by atoms with Crippen LogP contribution in [0.5, 0.6) is 5.88 Å². The molecule has 0 saturated heterocycles. The third kappa shape index (κ3) is 8.29.